The molecule has 1 aromatic heterocycles. The van der Waals surface area contributed by atoms with Crippen LogP contribution in [0.1, 0.15) is 33.3 Å². The lowest BCUT2D eigenvalue weighted by Gasteiger charge is -2.30. The molecule has 0 unspecified atom stereocenters. The summed E-state index contributed by atoms with van der Waals surface area (Å²) in [5.41, 5.74) is 0.228. The van der Waals surface area contributed by atoms with Gasteiger partial charge in [-0.1, -0.05) is 12.1 Å². The Labute approximate surface area is 224 Å². The van der Waals surface area contributed by atoms with Crippen LogP contribution in [0, 0.1) is 0 Å². The van der Waals surface area contributed by atoms with Gasteiger partial charge >= 0.3 is 24.1 Å². The van der Waals surface area contributed by atoms with Gasteiger partial charge in [-0.15, -0.1) is 0 Å². The number of nitrogens with one attached hydrogen (secondary N) is 1. The molecule has 0 spiro atoms. The highest BCUT2D eigenvalue weighted by atomic mass is 19.4. The van der Waals surface area contributed by atoms with Crippen LogP contribution in [0.4, 0.5) is 35.4 Å². The van der Waals surface area contributed by atoms with E-state index in [1.165, 1.54) is 45.0 Å². The predicted octanol–water partition coefficient (Wildman–Crippen LogP) is 3.79. The van der Waals surface area contributed by atoms with Gasteiger partial charge in [0.25, 0.3) is 0 Å². The average Bonchev–Trinajstić information content (AvgIpc) is 2.85. The third-order valence-electron chi connectivity index (χ3n) is 5.58. The number of ether oxygens (including phenoxy) is 1. The molecule has 14 heteroatoms. The predicted molar refractivity (Wildman–Crippen MR) is 139 cm³/mol. The van der Waals surface area contributed by atoms with Crippen molar-refractivity contribution in [1.82, 2.24) is 14.9 Å². The molecule has 0 saturated carbocycles. The number of anilines is 3. The number of carboxylic acid groups (broad SMARTS) is 1. The summed E-state index contributed by atoms with van der Waals surface area (Å²) >= 11 is 0. The number of amides is 2. The van der Waals surface area contributed by atoms with E-state index in [9.17, 15) is 32.7 Å². The van der Waals surface area contributed by atoms with Gasteiger partial charge in [0.1, 0.15) is 17.5 Å². The summed E-state index contributed by atoms with van der Waals surface area (Å²) in [5, 5.41) is 12.6. The molecule has 0 radical (unpaired) electrons. The van der Waals surface area contributed by atoms with Crippen LogP contribution in [0.2, 0.25) is 0 Å². The minimum absolute atomic E-state index is 0.101. The van der Waals surface area contributed by atoms with E-state index in [0.29, 0.717) is 23.6 Å². The zero-order valence-corrected chi connectivity index (χ0v) is 22.6. The molecule has 0 aliphatic rings. The van der Waals surface area contributed by atoms with Crippen LogP contribution in [-0.4, -0.2) is 83.4 Å². The summed E-state index contributed by atoms with van der Waals surface area (Å²) in [6.07, 6.45) is -4.78. The van der Waals surface area contributed by atoms with E-state index in [4.69, 9.17) is 4.74 Å². The van der Waals surface area contributed by atoms with Crippen molar-refractivity contribution >= 4 is 35.4 Å². The number of halogens is 3. The highest BCUT2D eigenvalue weighted by molar-refractivity contribution is 6.00. The molecule has 2 amide bonds. The van der Waals surface area contributed by atoms with E-state index in [1.54, 1.807) is 17.0 Å². The molecular weight excluding hydrogens is 521 g/mol. The van der Waals surface area contributed by atoms with Crippen LogP contribution < -0.4 is 19.9 Å². The molecule has 39 heavy (non-hydrogen) atoms. The highest BCUT2D eigenvalue weighted by Crippen LogP contribution is 2.32. The van der Waals surface area contributed by atoms with Crippen LogP contribution >= 0.6 is 0 Å². The molecule has 0 fully saturated rings. The number of rotatable bonds is 11. The number of benzene rings is 1. The molecule has 0 saturated heterocycles. The van der Waals surface area contributed by atoms with Crippen molar-refractivity contribution in [2.75, 3.05) is 42.3 Å². The summed E-state index contributed by atoms with van der Waals surface area (Å²) < 4.78 is 45.5. The number of carboxylic acids is 1. The molecule has 1 aromatic carbocycles. The third-order valence-corrected chi connectivity index (χ3v) is 5.58. The van der Waals surface area contributed by atoms with Gasteiger partial charge in [0.05, 0.1) is 6.20 Å². The van der Waals surface area contributed by atoms with Crippen molar-refractivity contribution in [2.45, 2.75) is 52.4 Å². The smallest absolute Gasteiger partial charge is 0.471 e. The Morgan fingerprint density at radius 2 is 1.67 bits per heavy atom. The summed E-state index contributed by atoms with van der Waals surface area (Å²) in [5.74, 6) is -3.26. The largest absolute Gasteiger partial charge is 0.480 e. The molecular formula is C25H33F3N6O5. The van der Waals surface area contributed by atoms with Crippen LogP contribution in [0.3, 0.4) is 0 Å². The maximum absolute atomic E-state index is 13.4. The Bertz CT molecular complexity index is 1150. The van der Waals surface area contributed by atoms with E-state index in [1.807, 2.05) is 13.8 Å². The first-order valence-electron chi connectivity index (χ1n) is 12.2. The van der Waals surface area contributed by atoms with Gasteiger partial charge in [0, 0.05) is 39.6 Å². The van der Waals surface area contributed by atoms with Crippen molar-refractivity contribution in [1.29, 1.82) is 0 Å². The zero-order chi connectivity index (χ0) is 29.5. The number of carbonyl (C=O) groups is 3. The number of hydrogen-bond acceptors (Lipinski definition) is 8. The van der Waals surface area contributed by atoms with Gasteiger partial charge in [-0.2, -0.15) is 18.2 Å². The Kier molecular flexibility index (Phi) is 10.5. The minimum atomic E-state index is -5.18. The fourth-order valence-corrected chi connectivity index (χ4v) is 3.55. The van der Waals surface area contributed by atoms with E-state index in [-0.39, 0.29) is 29.6 Å². The Morgan fingerprint density at radius 3 is 2.13 bits per heavy atom. The average molecular weight is 555 g/mol. The van der Waals surface area contributed by atoms with Crippen molar-refractivity contribution in [3.8, 4) is 5.75 Å². The summed E-state index contributed by atoms with van der Waals surface area (Å²) in [4.78, 5) is 48.2. The Balaban J connectivity index is 2.48. The Morgan fingerprint density at radius 1 is 1.08 bits per heavy atom. The summed E-state index contributed by atoms with van der Waals surface area (Å²) in [7, 11) is 3.05. The number of aliphatic carboxylic acids is 1. The summed E-state index contributed by atoms with van der Waals surface area (Å²) in [6, 6.07) is 3.83. The second-order valence-corrected chi connectivity index (χ2v) is 8.99. The molecule has 0 aliphatic carbocycles. The second kappa shape index (κ2) is 13.1. The van der Waals surface area contributed by atoms with Gasteiger partial charge in [-0.3, -0.25) is 9.69 Å². The molecule has 2 rings (SSSR count). The molecule has 1 heterocycles. The van der Waals surface area contributed by atoms with E-state index < -0.39 is 36.2 Å². The first-order chi connectivity index (χ1) is 18.2. The first-order valence-corrected chi connectivity index (χ1v) is 12.2. The molecule has 214 valence electrons. The quantitative estimate of drug-likeness (QED) is 0.426. The lowest BCUT2D eigenvalue weighted by Crippen LogP contribution is -2.46. The van der Waals surface area contributed by atoms with Crippen molar-refractivity contribution in [3.05, 3.63) is 36.0 Å². The van der Waals surface area contributed by atoms with E-state index >= 15 is 0 Å². The maximum atomic E-state index is 13.4. The topological polar surface area (TPSA) is 128 Å². The number of hydrogen-bond donors (Lipinski definition) is 2. The lowest BCUT2D eigenvalue weighted by atomic mass is 10.1. The second-order valence-electron chi connectivity index (χ2n) is 8.99. The Hall–Kier alpha value is -4.10. The maximum Gasteiger partial charge on any atom is 0.471 e. The molecule has 0 bridgehead atoms. The van der Waals surface area contributed by atoms with Gasteiger partial charge in [-0.25, -0.2) is 14.6 Å². The molecule has 11 nitrogen and oxygen atoms in total. The third kappa shape index (κ3) is 8.19. The van der Waals surface area contributed by atoms with Crippen LogP contribution in [0.25, 0.3) is 0 Å². The van der Waals surface area contributed by atoms with Crippen molar-refractivity contribution in [3.63, 3.8) is 0 Å². The van der Waals surface area contributed by atoms with Crippen LogP contribution in [0.5, 0.6) is 5.75 Å². The van der Waals surface area contributed by atoms with Crippen molar-refractivity contribution < 1.29 is 37.4 Å². The zero-order valence-electron chi connectivity index (χ0n) is 22.6. The minimum Gasteiger partial charge on any atom is -0.480 e. The van der Waals surface area contributed by atoms with Crippen LogP contribution in [0.15, 0.2) is 30.5 Å². The molecule has 0 aliphatic heterocycles. The number of alkyl halides is 3. The standard InChI is InChI=1S/C25H33F3N6O5/c1-7-33(8-2)23-29-14-19(34(15(3)4)22(37)25(26,27)28)20(31-23)30-18(21(35)36)13-16-9-11-17(12-10-16)39-24(38)32(5)6/h9-12,14-15,18H,7-8,13H2,1-6H3,(H,35,36)(H,29,30,31)/t18-/m0/s1. The SMILES string of the molecule is CCN(CC)c1ncc(N(C(=O)C(F)(F)F)C(C)C)c(N[C@@H](Cc2ccc(OC(=O)N(C)C)cc2)C(=O)O)n1. The first kappa shape index (κ1) is 31.1. The van der Waals surface area contributed by atoms with Gasteiger partial charge in [0.2, 0.25) is 5.95 Å². The normalized spacial score (nSPS) is 12.1. The number of nitrogens with zero attached hydrogens (tertiary/aromatic N) is 5. The molecule has 2 aromatic rings. The van der Waals surface area contributed by atoms with Gasteiger partial charge in [-0.05, 0) is 45.4 Å². The molecule has 1 atom stereocenters. The van der Waals surface area contributed by atoms with Crippen LogP contribution in [-0.2, 0) is 16.0 Å². The summed E-state index contributed by atoms with van der Waals surface area (Å²) in [6.45, 7) is 7.42. The fourth-order valence-electron chi connectivity index (χ4n) is 3.55. The fraction of sp³-hybridized carbons (Fsp3) is 0.480. The molecule has 2 N–H and O–H groups in total. The van der Waals surface area contributed by atoms with Crippen molar-refractivity contribution in [2.24, 2.45) is 0 Å². The van der Waals surface area contributed by atoms with E-state index in [2.05, 4.69) is 15.3 Å². The van der Waals surface area contributed by atoms with E-state index in [0.717, 1.165) is 6.20 Å². The number of aromatic nitrogens is 2. The monoisotopic (exact) mass is 554 g/mol. The number of carbonyl (C=O) groups excluding carboxylic acids is 2. The van der Waals surface area contributed by atoms with Gasteiger partial charge in [0.15, 0.2) is 5.82 Å². The highest BCUT2D eigenvalue weighted by Gasteiger charge is 2.45. The lowest BCUT2D eigenvalue weighted by molar-refractivity contribution is -0.170. The van der Waals surface area contributed by atoms with Gasteiger partial charge < -0.3 is 25.0 Å².